The number of rotatable bonds is 4. The number of thiazole rings is 1. The van der Waals surface area contributed by atoms with Crippen molar-refractivity contribution in [2.45, 2.75) is 13.3 Å². The van der Waals surface area contributed by atoms with E-state index in [1.165, 1.54) is 11.3 Å². The van der Waals surface area contributed by atoms with E-state index in [-0.39, 0.29) is 0 Å². The Morgan fingerprint density at radius 1 is 1.16 bits per heavy atom. The lowest BCUT2D eigenvalue weighted by atomic mass is 10.2. The molecule has 0 fully saturated rings. The van der Waals surface area contributed by atoms with Crippen LogP contribution in [0.5, 0.6) is 0 Å². The van der Waals surface area contributed by atoms with E-state index in [9.17, 15) is 0 Å². The molecule has 0 unspecified atom stereocenters. The van der Waals surface area contributed by atoms with Gasteiger partial charge in [0.1, 0.15) is 10.7 Å². The number of benzene rings is 1. The highest BCUT2D eigenvalue weighted by molar-refractivity contribution is 7.18. The Hall–Kier alpha value is -3.07. The van der Waals surface area contributed by atoms with Crippen molar-refractivity contribution in [2.24, 2.45) is 7.05 Å². The summed E-state index contributed by atoms with van der Waals surface area (Å²) in [7, 11) is 1.85. The molecule has 3 heterocycles. The van der Waals surface area contributed by atoms with Gasteiger partial charge in [0, 0.05) is 12.6 Å². The van der Waals surface area contributed by atoms with Crippen molar-refractivity contribution in [1.82, 2.24) is 29.9 Å². The molecule has 4 aromatic rings. The van der Waals surface area contributed by atoms with Gasteiger partial charge in [-0.2, -0.15) is 10.1 Å². The first-order valence-corrected chi connectivity index (χ1v) is 8.43. The summed E-state index contributed by atoms with van der Waals surface area (Å²) < 4.78 is 7.08. The highest BCUT2D eigenvalue weighted by Crippen LogP contribution is 2.30. The quantitative estimate of drug-likeness (QED) is 0.600. The fourth-order valence-corrected chi connectivity index (χ4v) is 3.21. The number of nitrogen functional groups attached to an aromatic ring is 1. The van der Waals surface area contributed by atoms with Crippen molar-refractivity contribution in [1.29, 1.82) is 0 Å². The number of anilines is 1. The molecule has 1 aromatic carbocycles. The Morgan fingerprint density at radius 2 is 1.96 bits per heavy atom. The largest absolute Gasteiger partial charge is 0.375 e. The zero-order chi connectivity index (χ0) is 17.4. The van der Waals surface area contributed by atoms with Crippen LogP contribution in [-0.4, -0.2) is 29.9 Å². The zero-order valence-corrected chi connectivity index (χ0v) is 14.5. The lowest BCUT2D eigenvalue weighted by Gasteiger charge is -1.93. The Morgan fingerprint density at radius 3 is 2.68 bits per heavy atom. The molecule has 0 saturated heterocycles. The molecule has 0 radical (unpaired) electrons. The van der Waals surface area contributed by atoms with Crippen molar-refractivity contribution in [2.75, 3.05) is 5.73 Å². The molecular weight excluding hydrogens is 338 g/mol. The van der Waals surface area contributed by atoms with Crippen LogP contribution in [0.1, 0.15) is 17.3 Å². The summed E-state index contributed by atoms with van der Waals surface area (Å²) >= 11 is 1.33. The monoisotopic (exact) mass is 353 g/mol. The van der Waals surface area contributed by atoms with Crippen LogP contribution in [0.25, 0.3) is 22.2 Å². The van der Waals surface area contributed by atoms with E-state index in [4.69, 9.17) is 10.3 Å². The lowest BCUT2D eigenvalue weighted by molar-refractivity contribution is 0.423. The van der Waals surface area contributed by atoms with Crippen molar-refractivity contribution >= 4 is 16.5 Å². The normalized spacial score (nSPS) is 11.1. The van der Waals surface area contributed by atoms with Crippen LogP contribution in [0.3, 0.4) is 0 Å². The van der Waals surface area contributed by atoms with Crippen molar-refractivity contribution in [3.05, 3.63) is 47.7 Å². The standard InChI is InChI=1S/C16H15N7OS/c1-9-13(25-16(17)18-9)15-19-11(22-24-15)8-12-20-14(21-23(12)2)10-6-4-3-5-7-10/h3-7H,8H2,1-2H3,(H2,17,18). The highest BCUT2D eigenvalue weighted by atomic mass is 32.1. The second-order valence-corrected chi connectivity index (χ2v) is 6.53. The van der Waals surface area contributed by atoms with E-state index in [0.29, 0.717) is 29.1 Å². The van der Waals surface area contributed by atoms with E-state index in [0.717, 1.165) is 22.0 Å². The Balaban J connectivity index is 1.59. The second-order valence-electron chi connectivity index (χ2n) is 5.50. The average Bonchev–Trinajstić information content (AvgIpc) is 3.29. The van der Waals surface area contributed by atoms with E-state index in [1.54, 1.807) is 4.68 Å². The van der Waals surface area contributed by atoms with E-state index < -0.39 is 0 Å². The van der Waals surface area contributed by atoms with Crippen molar-refractivity contribution in [3.63, 3.8) is 0 Å². The molecular formula is C16H15N7OS. The fourth-order valence-electron chi connectivity index (χ4n) is 2.46. The van der Waals surface area contributed by atoms with Crippen molar-refractivity contribution in [3.8, 4) is 22.2 Å². The maximum Gasteiger partial charge on any atom is 0.270 e. The summed E-state index contributed by atoms with van der Waals surface area (Å²) in [6, 6.07) is 9.83. The molecule has 4 rings (SSSR count). The van der Waals surface area contributed by atoms with Gasteiger partial charge < -0.3 is 10.3 Å². The minimum Gasteiger partial charge on any atom is -0.375 e. The Labute approximate surface area is 147 Å². The molecule has 126 valence electrons. The molecule has 9 heteroatoms. The number of nitrogens with zero attached hydrogens (tertiary/aromatic N) is 6. The van der Waals surface area contributed by atoms with E-state index >= 15 is 0 Å². The van der Waals surface area contributed by atoms with E-state index in [2.05, 4.69) is 25.2 Å². The van der Waals surface area contributed by atoms with Gasteiger partial charge in [0.2, 0.25) is 0 Å². The van der Waals surface area contributed by atoms with Crippen molar-refractivity contribution < 1.29 is 4.52 Å². The van der Waals surface area contributed by atoms with Crippen LogP contribution in [0.2, 0.25) is 0 Å². The molecule has 0 amide bonds. The maximum atomic E-state index is 5.72. The van der Waals surface area contributed by atoms with Gasteiger partial charge in [-0.15, -0.1) is 0 Å². The first-order chi connectivity index (χ1) is 12.1. The summed E-state index contributed by atoms with van der Waals surface area (Å²) in [5.41, 5.74) is 7.47. The molecule has 0 aliphatic rings. The first kappa shape index (κ1) is 15.5. The van der Waals surface area contributed by atoms with Crippen LogP contribution in [0, 0.1) is 6.92 Å². The molecule has 3 aromatic heterocycles. The molecule has 0 bridgehead atoms. The topological polar surface area (TPSA) is 109 Å². The van der Waals surface area contributed by atoms with Gasteiger partial charge in [-0.1, -0.05) is 46.8 Å². The van der Waals surface area contributed by atoms with Crippen LogP contribution < -0.4 is 5.73 Å². The summed E-state index contributed by atoms with van der Waals surface area (Å²) in [5, 5.41) is 8.97. The number of nitrogens with two attached hydrogens (primary N) is 1. The van der Waals surface area contributed by atoms with Gasteiger partial charge in [0.15, 0.2) is 16.8 Å². The third-order valence-electron chi connectivity index (χ3n) is 3.68. The molecule has 25 heavy (non-hydrogen) atoms. The van der Waals surface area contributed by atoms with Gasteiger partial charge in [0.05, 0.1) is 12.1 Å². The van der Waals surface area contributed by atoms with Crippen LogP contribution in [-0.2, 0) is 13.5 Å². The molecule has 2 N–H and O–H groups in total. The fraction of sp³-hybridized carbons (Fsp3) is 0.188. The number of hydrogen-bond acceptors (Lipinski definition) is 8. The van der Waals surface area contributed by atoms with Gasteiger partial charge in [-0.25, -0.2) is 9.97 Å². The highest BCUT2D eigenvalue weighted by Gasteiger charge is 2.17. The van der Waals surface area contributed by atoms with Gasteiger partial charge >= 0.3 is 0 Å². The minimum absolute atomic E-state index is 0.423. The summed E-state index contributed by atoms with van der Waals surface area (Å²) in [6.07, 6.45) is 0.424. The SMILES string of the molecule is Cc1nc(N)sc1-c1nc(Cc2nc(-c3ccccc3)nn2C)no1. The number of aromatic nitrogens is 6. The summed E-state index contributed by atoms with van der Waals surface area (Å²) in [6.45, 7) is 1.86. The predicted octanol–water partition coefficient (Wildman–Crippen LogP) is 2.47. The smallest absolute Gasteiger partial charge is 0.270 e. The Kier molecular flexibility index (Phi) is 3.77. The number of hydrogen-bond donors (Lipinski definition) is 1. The first-order valence-electron chi connectivity index (χ1n) is 7.61. The number of aryl methyl sites for hydroxylation is 2. The molecule has 0 saturated carbocycles. The third-order valence-corrected chi connectivity index (χ3v) is 4.65. The summed E-state index contributed by atoms with van der Waals surface area (Å²) in [5.74, 6) is 2.39. The lowest BCUT2D eigenvalue weighted by Crippen LogP contribution is -2.01. The predicted molar refractivity (Wildman–Crippen MR) is 93.8 cm³/mol. The second kappa shape index (κ2) is 6.10. The molecule has 0 atom stereocenters. The van der Waals surface area contributed by atoms with Gasteiger partial charge in [0.25, 0.3) is 5.89 Å². The van der Waals surface area contributed by atoms with Gasteiger partial charge in [-0.05, 0) is 6.92 Å². The molecule has 0 aliphatic heterocycles. The van der Waals surface area contributed by atoms with Crippen LogP contribution in [0.4, 0.5) is 5.13 Å². The minimum atomic E-state index is 0.423. The van der Waals surface area contributed by atoms with Gasteiger partial charge in [-0.3, -0.25) is 4.68 Å². The third kappa shape index (κ3) is 3.01. The average molecular weight is 353 g/mol. The van der Waals surface area contributed by atoms with Crippen LogP contribution >= 0.6 is 11.3 Å². The van der Waals surface area contributed by atoms with E-state index in [1.807, 2.05) is 44.3 Å². The molecule has 0 aliphatic carbocycles. The maximum absolute atomic E-state index is 5.72. The summed E-state index contributed by atoms with van der Waals surface area (Å²) in [4.78, 5) is 14.0. The zero-order valence-electron chi connectivity index (χ0n) is 13.7. The molecule has 0 spiro atoms. The molecule has 8 nitrogen and oxygen atoms in total. The Bertz CT molecular complexity index is 1020. The van der Waals surface area contributed by atoms with Crippen LogP contribution in [0.15, 0.2) is 34.9 Å².